The molecule has 144 valence electrons. The van der Waals surface area contributed by atoms with Crippen LogP contribution in [-0.2, 0) is 0 Å². The maximum absolute atomic E-state index is 13.4. The van der Waals surface area contributed by atoms with E-state index in [1.165, 1.54) is 0 Å². The molecule has 3 aromatic carbocycles. The number of hydrogen-bond acceptors (Lipinski definition) is 3. The number of rotatable bonds is 4. The molecule has 1 heterocycles. The molecule has 0 unspecified atom stereocenters. The molecular weight excluding hydrogens is 428 g/mol. The lowest BCUT2D eigenvalue weighted by Gasteiger charge is -2.13. The molecule has 0 aliphatic heterocycles. The van der Waals surface area contributed by atoms with Crippen LogP contribution in [0, 0.1) is 6.92 Å². The standard InChI is InChI=1S/C24H19BrN2O2/c1-16-5-3-4-6-22(16)27-23(14-9-17-7-11-19(29-2)12-8-17)26-21-13-10-18(25)15-20(21)24(27)28/h3-15H,1-2H3/b14-9+. The van der Waals surface area contributed by atoms with Gasteiger partial charge in [0.1, 0.15) is 11.6 Å². The average Bonchev–Trinajstić information content (AvgIpc) is 2.74. The van der Waals surface area contributed by atoms with Crippen molar-refractivity contribution in [2.75, 3.05) is 7.11 Å². The maximum atomic E-state index is 13.4. The van der Waals surface area contributed by atoms with E-state index < -0.39 is 0 Å². The van der Waals surface area contributed by atoms with E-state index in [0.717, 1.165) is 27.0 Å². The van der Waals surface area contributed by atoms with Gasteiger partial charge in [-0.1, -0.05) is 52.3 Å². The molecule has 0 aliphatic rings. The average molecular weight is 447 g/mol. The Morgan fingerprint density at radius 3 is 2.48 bits per heavy atom. The molecule has 0 bridgehead atoms. The minimum atomic E-state index is -0.0972. The quantitative estimate of drug-likeness (QED) is 0.407. The Balaban J connectivity index is 1.92. The highest BCUT2D eigenvalue weighted by Crippen LogP contribution is 2.21. The van der Waals surface area contributed by atoms with Gasteiger partial charge in [-0.15, -0.1) is 0 Å². The van der Waals surface area contributed by atoms with Crippen molar-refractivity contribution >= 4 is 39.0 Å². The summed E-state index contributed by atoms with van der Waals surface area (Å²) in [6.07, 6.45) is 3.82. The molecule has 0 saturated carbocycles. The predicted octanol–water partition coefficient (Wildman–Crippen LogP) is 5.64. The summed E-state index contributed by atoms with van der Waals surface area (Å²) < 4.78 is 7.73. The van der Waals surface area contributed by atoms with Crippen LogP contribution in [0.5, 0.6) is 5.75 Å². The van der Waals surface area contributed by atoms with E-state index in [9.17, 15) is 4.79 Å². The van der Waals surface area contributed by atoms with Gasteiger partial charge in [0.2, 0.25) is 0 Å². The van der Waals surface area contributed by atoms with Crippen LogP contribution in [0.1, 0.15) is 17.0 Å². The van der Waals surface area contributed by atoms with E-state index in [-0.39, 0.29) is 5.56 Å². The Morgan fingerprint density at radius 2 is 1.76 bits per heavy atom. The first kappa shape index (κ1) is 19.2. The van der Waals surface area contributed by atoms with Gasteiger partial charge < -0.3 is 4.74 Å². The molecule has 0 fully saturated rings. The Hall–Kier alpha value is -3.18. The summed E-state index contributed by atoms with van der Waals surface area (Å²) in [5, 5.41) is 0.573. The molecule has 0 atom stereocenters. The Bertz CT molecular complexity index is 1270. The van der Waals surface area contributed by atoms with E-state index >= 15 is 0 Å². The van der Waals surface area contributed by atoms with Crippen LogP contribution in [-0.4, -0.2) is 16.7 Å². The zero-order chi connectivity index (χ0) is 20.4. The molecule has 0 saturated heterocycles. The number of aryl methyl sites for hydroxylation is 1. The normalized spacial score (nSPS) is 11.3. The first-order chi connectivity index (χ1) is 14.1. The molecular formula is C24H19BrN2O2. The van der Waals surface area contributed by atoms with E-state index in [1.54, 1.807) is 11.7 Å². The maximum Gasteiger partial charge on any atom is 0.266 e. The van der Waals surface area contributed by atoms with Gasteiger partial charge in [0.25, 0.3) is 5.56 Å². The Kier molecular flexibility index (Phi) is 5.32. The van der Waals surface area contributed by atoms with Crippen LogP contribution >= 0.6 is 15.9 Å². The van der Waals surface area contributed by atoms with Crippen LogP contribution < -0.4 is 10.3 Å². The summed E-state index contributed by atoms with van der Waals surface area (Å²) in [7, 11) is 1.64. The minimum absolute atomic E-state index is 0.0972. The number of aromatic nitrogens is 2. The van der Waals surface area contributed by atoms with E-state index in [1.807, 2.05) is 85.8 Å². The monoisotopic (exact) mass is 446 g/mol. The third-order valence-electron chi connectivity index (χ3n) is 4.75. The fourth-order valence-electron chi connectivity index (χ4n) is 3.22. The fraction of sp³-hybridized carbons (Fsp3) is 0.0833. The SMILES string of the molecule is COc1ccc(/C=C/c2nc3ccc(Br)cc3c(=O)n2-c2ccccc2C)cc1. The minimum Gasteiger partial charge on any atom is -0.497 e. The highest BCUT2D eigenvalue weighted by atomic mass is 79.9. The van der Waals surface area contributed by atoms with Crippen molar-refractivity contribution in [1.29, 1.82) is 0 Å². The zero-order valence-electron chi connectivity index (χ0n) is 16.1. The third kappa shape index (κ3) is 3.87. The molecule has 0 N–H and O–H groups in total. The third-order valence-corrected chi connectivity index (χ3v) is 5.25. The molecule has 0 spiro atoms. The van der Waals surface area contributed by atoms with Crippen LogP contribution in [0.3, 0.4) is 0 Å². The Labute approximate surface area is 177 Å². The smallest absolute Gasteiger partial charge is 0.266 e. The molecule has 29 heavy (non-hydrogen) atoms. The lowest BCUT2D eigenvalue weighted by Crippen LogP contribution is -2.23. The van der Waals surface area contributed by atoms with Crippen LogP contribution in [0.15, 0.2) is 76.0 Å². The molecule has 0 amide bonds. The second-order valence-electron chi connectivity index (χ2n) is 6.67. The van der Waals surface area contributed by atoms with E-state index in [4.69, 9.17) is 9.72 Å². The number of benzene rings is 3. The lowest BCUT2D eigenvalue weighted by atomic mass is 10.1. The second kappa shape index (κ2) is 8.05. The summed E-state index contributed by atoms with van der Waals surface area (Å²) in [6, 6.07) is 21.1. The first-order valence-electron chi connectivity index (χ1n) is 9.17. The van der Waals surface area contributed by atoms with Crippen molar-refractivity contribution in [3.8, 4) is 11.4 Å². The van der Waals surface area contributed by atoms with Gasteiger partial charge in [-0.25, -0.2) is 4.98 Å². The van der Waals surface area contributed by atoms with Crippen molar-refractivity contribution in [1.82, 2.24) is 9.55 Å². The van der Waals surface area contributed by atoms with E-state index in [0.29, 0.717) is 16.7 Å². The number of halogens is 1. The molecule has 1 aromatic heterocycles. The highest BCUT2D eigenvalue weighted by molar-refractivity contribution is 9.10. The fourth-order valence-corrected chi connectivity index (χ4v) is 3.58. The van der Waals surface area contributed by atoms with Gasteiger partial charge in [-0.3, -0.25) is 9.36 Å². The van der Waals surface area contributed by atoms with Gasteiger partial charge in [0, 0.05) is 4.47 Å². The molecule has 0 aliphatic carbocycles. The van der Waals surface area contributed by atoms with Crippen molar-refractivity contribution < 1.29 is 4.74 Å². The topological polar surface area (TPSA) is 44.1 Å². The number of ether oxygens (including phenoxy) is 1. The zero-order valence-corrected chi connectivity index (χ0v) is 17.7. The van der Waals surface area contributed by atoms with Gasteiger partial charge in [0.15, 0.2) is 0 Å². The number of nitrogens with zero attached hydrogens (tertiary/aromatic N) is 2. The van der Waals surface area contributed by atoms with Gasteiger partial charge in [-0.2, -0.15) is 0 Å². The summed E-state index contributed by atoms with van der Waals surface area (Å²) in [5.74, 6) is 1.38. The van der Waals surface area contributed by atoms with Gasteiger partial charge in [-0.05, 0) is 60.5 Å². The number of fused-ring (bicyclic) bond motifs is 1. The van der Waals surface area contributed by atoms with Crippen molar-refractivity contribution in [3.63, 3.8) is 0 Å². The van der Waals surface area contributed by atoms with Crippen LogP contribution in [0.2, 0.25) is 0 Å². The largest absolute Gasteiger partial charge is 0.497 e. The molecule has 4 rings (SSSR count). The highest BCUT2D eigenvalue weighted by Gasteiger charge is 2.13. The van der Waals surface area contributed by atoms with E-state index in [2.05, 4.69) is 15.9 Å². The van der Waals surface area contributed by atoms with Crippen LogP contribution in [0.25, 0.3) is 28.7 Å². The number of hydrogen-bond donors (Lipinski definition) is 0. The summed E-state index contributed by atoms with van der Waals surface area (Å²) in [4.78, 5) is 18.2. The Morgan fingerprint density at radius 1 is 1.00 bits per heavy atom. The molecule has 4 aromatic rings. The van der Waals surface area contributed by atoms with Gasteiger partial charge in [0.05, 0.1) is 23.7 Å². The first-order valence-corrected chi connectivity index (χ1v) is 9.96. The summed E-state index contributed by atoms with van der Waals surface area (Å²) >= 11 is 3.45. The summed E-state index contributed by atoms with van der Waals surface area (Å²) in [5.41, 5.74) is 3.38. The second-order valence-corrected chi connectivity index (χ2v) is 7.58. The lowest BCUT2D eigenvalue weighted by molar-refractivity contribution is 0.415. The predicted molar refractivity (Wildman–Crippen MR) is 122 cm³/mol. The van der Waals surface area contributed by atoms with Crippen molar-refractivity contribution in [2.24, 2.45) is 0 Å². The summed E-state index contributed by atoms with van der Waals surface area (Å²) in [6.45, 7) is 1.99. The van der Waals surface area contributed by atoms with Crippen LogP contribution in [0.4, 0.5) is 0 Å². The number of para-hydroxylation sites is 1. The molecule has 4 nitrogen and oxygen atoms in total. The van der Waals surface area contributed by atoms with Gasteiger partial charge >= 0.3 is 0 Å². The van der Waals surface area contributed by atoms with Crippen molar-refractivity contribution in [3.05, 3.63) is 98.5 Å². The molecule has 5 heteroatoms. The number of methoxy groups -OCH3 is 1. The van der Waals surface area contributed by atoms with Crippen molar-refractivity contribution in [2.45, 2.75) is 6.92 Å². The molecule has 0 radical (unpaired) electrons.